The Morgan fingerprint density at radius 1 is 1.31 bits per heavy atom. The van der Waals surface area contributed by atoms with Gasteiger partial charge in [-0.15, -0.1) is 23.5 Å². The Labute approximate surface area is 96.4 Å². The van der Waals surface area contributed by atoms with Crippen LogP contribution >= 0.6 is 46.7 Å². The predicted molar refractivity (Wildman–Crippen MR) is 64.1 cm³/mol. The van der Waals surface area contributed by atoms with Crippen LogP contribution in [0.3, 0.4) is 0 Å². The summed E-state index contributed by atoms with van der Waals surface area (Å²) in [5.41, 5.74) is 1.22. The molecule has 1 atom stereocenters. The summed E-state index contributed by atoms with van der Waals surface area (Å²) < 4.78 is 0. The molecule has 0 saturated carbocycles. The maximum absolute atomic E-state index is 6.10. The van der Waals surface area contributed by atoms with Crippen molar-refractivity contribution in [2.75, 3.05) is 10.8 Å². The molecule has 1 aromatic rings. The van der Waals surface area contributed by atoms with Crippen molar-refractivity contribution in [2.45, 2.75) is 5.25 Å². The van der Waals surface area contributed by atoms with E-state index < -0.39 is 0 Å². The Balaban J connectivity index is 2.29. The molecule has 1 unspecified atom stereocenters. The largest absolute Gasteiger partial charge is 0.150 e. The van der Waals surface area contributed by atoms with Crippen LogP contribution in [-0.2, 0) is 0 Å². The lowest BCUT2D eigenvalue weighted by Gasteiger charge is -2.09. The number of rotatable bonds is 1. The zero-order chi connectivity index (χ0) is 9.26. The molecule has 1 fully saturated rings. The van der Waals surface area contributed by atoms with Gasteiger partial charge in [-0.25, -0.2) is 0 Å². The molecule has 1 heterocycles. The van der Waals surface area contributed by atoms with E-state index >= 15 is 0 Å². The van der Waals surface area contributed by atoms with Gasteiger partial charge in [0.05, 0.1) is 0 Å². The molecule has 1 aliphatic rings. The lowest BCUT2D eigenvalue weighted by Crippen LogP contribution is -1.92. The van der Waals surface area contributed by atoms with Crippen LogP contribution in [0.25, 0.3) is 0 Å². The highest BCUT2D eigenvalue weighted by Gasteiger charge is 2.20. The van der Waals surface area contributed by atoms with E-state index in [4.69, 9.17) is 23.2 Å². The molecule has 0 aliphatic carbocycles. The summed E-state index contributed by atoms with van der Waals surface area (Å²) in [5.74, 6) is 1.16. The highest BCUT2D eigenvalue weighted by atomic mass is 35.5. The second-order valence-electron chi connectivity index (χ2n) is 2.81. The van der Waals surface area contributed by atoms with Crippen LogP contribution in [0.2, 0.25) is 10.0 Å². The van der Waals surface area contributed by atoms with E-state index in [9.17, 15) is 0 Å². The van der Waals surface area contributed by atoms with E-state index in [1.54, 1.807) is 0 Å². The van der Waals surface area contributed by atoms with Gasteiger partial charge in [0, 0.05) is 26.1 Å². The molecule has 0 nitrogen and oxygen atoms in total. The number of hydrogen-bond donors (Lipinski definition) is 0. The summed E-state index contributed by atoms with van der Waals surface area (Å²) in [5, 5.41) is 3.23. The van der Waals surface area contributed by atoms with Crippen molar-refractivity contribution in [3.8, 4) is 0 Å². The average Bonchev–Trinajstić information content (AvgIpc) is 2.56. The van der Waals surface area contributed by atoms with E-state index in [1.165, 1.54) is 10.6 Å². The van der Waals surface area contributed by atoms with Gasteiger partial charge in [0.2, 0.25) is 0 Å². The van der Waals surface area contributed by atoms with Crippen LogP contribution in [0.4, 0.5) is 0 Å². The SMILES string of the molecule is Clc1ccc(C2CSCS2)c(Cl)c1. The second kappa shape index (κ2) is 4.35. The van der Waals surface area contributed by atoms with Gasteiger partial charge in [0.15, 0.2) is 0 Å². The van der Waals surface area contributed by atoms with E-state index in [0.29, 0.717) is 10.3 Å². The quantitative estimate of drug-likeness (QED) is 0.722. The smallest absolute Gasteiger partial charge is 0.0464 e. The molecule has 1 aliphatic heterocycles. The topological polar surface area (TPSA) is 0 Å². The molecule has 13 heavy (non-hydrogen) atoms. The first-order valence-corrected chi connectivity index (χ1v) is 6.87. The van der Waals surface area contributed by atoms with Gasteiger partial charge in [-0.3, -0.25) is 0 Å². The molecular weight excluding hydrogens is 243 g/mol. The zero-order valence-corrected chi connectivity index (χ0v) is 9.94. The third kappa shape index (κ3) is 2.30. The van der Waals surface area contributed by atoms with Gasteiger partial charge in [-0.2, -0.15) is 0 Å². The summed E-state index contributed by atoms with van der Waals surface area (Å²) in [4.78, 5) is 0. The van der Waals surface area contributed by atoms with Crippen LogP contribution in [0.5, 0.6) is 0 Å². The minimum atomic E-state index is 0.551. The zero-order valence-electron chi connectivity index (χ0n) is 6.80. The highest BCUT2D eigenvalue weighted by Crippen LogP contribution is 2.43. The van der Waals surface area contributed by atoms with Crippen LogP contribution < -0.4 is 0 Å². The third-order valence-corrected chi connectivity index (χ3v) is 5.31. The van der Waals surface area contributed by atoms with Crippen molar-refractivity contribution in [3.05, 3.63) is 33.8 Å². The summed E-state index contributed by atoms with van der Waals surface area (Å²) in [7, 11) is 0. The Morgan fingerprint density at radius 2 is 2.15 bits per heavy atom. The minimum Gasteiger partial charge on any atom is -0.150 e. The molecule has 1 aromatic carbocycles. The Morgan fingerprint density at radius 3 is 2.77 bits per heavy atom. The summed E-state index contributed by atoms with van der Waals surface area (Å²) in [6.07, 6.45) is 0. The van der Waals surface area contributed by atoms with Crippen LogP contribution in [0.1, 0.15) is 10.8 Å². The number of thioether (sulfide) groups is 2. The average molecular weight is 251 g/mol. The second-order valence-corrected chi connectivity index (χ2v) is 6.24. The summed E-state index contributed by atoms with van der Waals surface area (Å²) >= 11 is 15.8. The van der Waals surface area contributed by atoms with E-state index in [0.717, 1.165) is 10.8 Å². The first-order valence-electron chi connectivity index (χ1n) is 3.91. The number of benzene rings is 1. The normalized spacial score (nSPS) is 22.2. The number of halogens is 2. The highest BCUT2D eigenvalue weighted by molar-refractivity contribution is 8.19. The fourth-order valence-electron chi connectivity index (χ4n) is 1.28. The molecule has 1 saturated heterocycles. The molecule has 0 amide bonds. The maximum atomic E-state index is 6.10. The van der Waals surface area contributed by atoms with Crippen molar-refractivity contribution in [2.24, 2.45) is 0 Å². The van der Waals surface area contributed by atoms with Gasteiger partial charge in [-0.1, -0.05) is 29.3 Å². The van der Waals surface area contributed by atoms with Crippen molar-refractivity contribution < 1.29 is 0 Å². The molecular formula is C9H8Cl2S2. The molecule has 0 N–H and O–H groups in total. The van der Waals surface area contributed by atoms with Crippen molar-refractivity contribution in [3.63, 3.8) is 0 Å². The van der Waals surface area contributed by atoms with E-state index in [1.807, 2.05) is 41.7 Å². The Kier molecular flexibility index (Phi) is 3.36. The summed E-state index contributed by atoms with van der Waals surface area (Å²) in [6, 6.07) is 5.77. The fourth-order valence-corrected chi connectivity index (χ4v) is 4.76. The lowest BCUT2D eigenvalue weighted by atomic mass is 10.2. The van der Waals surface area contributed by atoms with Crippen molar-refractivity contribution >= 4 is 46.7 Å². The van der Waals surface area contributed by atoms with Gasteiger partial charge >= 0.3 is 0 Å². The van der Waals surface area contributed by atoms with Crippen LogP contribution in [0, 0.1) is 0 Å². The molecule has 0 spiro atoms. The molecule has 2 rings (SSSR count). The molecule has 0 radical (unpaired) electrons. The lowest BCUT2D eigenvalue weighted by molar-refractivity contribution is 1.13. The van der Waals surface area contributed by atoms with Crippen LogP contribution in [0.15, 0.2) is 18.2 Å². The monoisotopic (exact) mass is 250 g/mol. The number of hydrogen-bond acceptors (Lipinski definition) is 2. The third-order valence-electron chi connectivity index (χ3n) is 1.93. The van der Waals surface area contributed by atoms with E-state index in [2.05, 4.69) is 0 Å². The van der Waals surface area contributed by atoms with Crippen molar-refractivity contribution in [1.29, 1.82) is 0 Å². The molecule has 0 bridgehead atoms. The van der Waals surface area contributed by atoms with Gasteiger partial charge in [0.1, 0.15) is 0 Å². The Hall–Kier alpha value is 0.500. The molecule has 0 aromatic heterocycles. The van der Waals surface area contributed by atoms with E-state index in [-0.39, 0.29) is 0 Å². The summed E-state index contributed by atoms with van der Waals surface area (Å²) in [6.45, 7) is 0. The van der Waals surface area contributed by atoms with Gasteiger partial charge in [-0.05, 0) is 17.7 Å². The van der Waals surface area contributed by atoms with Gasteiger partial charge < -0.3 is 0 Å². The molecule has 70 valence electrons. The molecule has 4 heteroatoms. The first kappa shape index (κ1) is 10.0. The van der Waals surface area contributed by atoms with Crippen molar-refractivity contribution in [1.82, 2.24) is 0 Å². The van der Waals surface area contributed by atoms with Crippen LogP contribution in [-0.4, -0.2) is 10.8 Å². The standard InChI is InChI=1S/C9H8Cl2S2/c10-6-1-2-7(8(11)3-6)9-4-12-5-13-9/h1-3,9H,4-5H2. The minimum absolute atomic E-state index is 0.551. The Bertz CT molecular complexity index is 308. The fraction of sp³-hybridized carbons (Fsp3) is 0.333. The van der Waals surface area contributed by atoms with Gasteiger partial charge in [0.25, 0.3) is 0 Å². The predicted octanol–water partition coefficient (Wildman–Crippen LogP) is 4.47. The first-order chi connectivity index (χ1) is 6.27. The maximum Gasteiger partial charge on any atom is 0.0464 e.